The number of aromatic amines is 1. The molecule has 0 aliphatic rings. The van der Waals surface area contributed by atoms with Crippen molar-refractivity contribution in [3.05, 3.63) is 78.1 Å². The van der Waals surface area contributed by atoms with Crippen molar-refractivity contribution in [1.82, 2.24) is 10.2 Å². The minimum absolute atomic E-state index is 0.254. The number of benzene rings is 3. The molecule has 5 nitrogen and oxygen atoms in total. The quantitative estimate of drug-likeness (QED) is 0.515. The highest BCUT2D eigenvalue weighted by atomic mass is 19.1. The molecule has 0 saturated heterocycles. The summed E-state index contributed by atoms with van der Waals surface area (Å²) in [6.45, 7) is 2.35. The lowest BCUT2D eigenvalue weighted by molar-refractivity contribution is 0.102. The van der Waals surface area contributed by atoms with E-state index in [9.17, 15) is 9.18 Å². The van der Waals surface area contributed by atoms with Crippen LogP contribution >= 0.6 is 0 Å². The van der Waals surface area contributed by atoms with Crippen molar-refractivity contribution < 1.29 is 13.9 Å². The molecular weight excluding hydrogens is 357 g/mol. The molecule has 0 aliphatic heterocycles. The molecular formula is C22H18FN3O2. The van der Waals surface area contributed by atoms with E-state index in [-0.39, 0.29) is 11.7 Å². The van der Waals surface area contributed by atoms with Crippen LogP contribution in [0.1, 0.15) is 17.3 Å². The number of anilines is 1. The summed E-state index contributed by atoms with van der Waals surface area (Å²) in [6, 6.07) is 18.7. The minimum Gasteiger partial charge on any atom is -0.493 e. The zero-order valence-corrected chi connectivity index (χ0v) is 15.2. The van der Waals surface area contributed by atoms with Gasteiger partial charge in [0.25, 0.3) is 5.91 Å². The van der Waals surface area contributed by atoms with Crippen LogP contribution in [0, 0.1) is 5.82 Å². The lowest BCUT2D eigenvalue weighted by atomic mass is 10.1. The number of carbonyl (C=O) groups is 1. The fraction of sp³-hybridized carbons (Fsp3) is 0.0909. The fourth-order valence-corrected chi connectivity index (χ4v) is 3.05. The van der Waals surface area contributed by atoms with Gasteiger partial charge in [-0.2, -0.15) is 5.10 Å². The van der Waals surface area contributed by atoms with Crippen LogP contribution < -0.4 is 10.1 Å². The van der Waals surface area contributed by atoms with E-state index in [2.05, 4.69) is 15.5 Å². The monoisotopic (exact) mass is 375 g/mol. The molecule has 3 aromatic carbocycles. The van der Waals surface area contributed by atoms with Gasteiger partial charge in [0.05, 0.1) is 23.4 Å². The maximum atomic E-state index is 13.2. The number of halogens is 1. The molecule has 2 N–H and O–H groups in total. The van der Waals surface area contributed by atoms with E-state index >= 15 is 0 Å². The molecule has 0 radical (unpaired) electrons. The summed E-state index contributed by atoms with van der Waals surface area (Å²) >= 11 is 0. The third-order valence-electron chi connectivity index (χ3n) is 4.37. The third kappa shape index (κ3) is 3.44. The third-order valence-corrected chi connectivity index (χ3v) is 4.37. The summed E-state index contributed by atoms with van der Waals surface area (Å²) in [5, 5.41) is 11.0. The zero-order chi connectivity index (χ0) is 19.5. The van der Waals surface area contributed by atoms with Crippen LogP contribution in [0.5, 0.6) is 5.75 Å². The molecule has 0 unspecified atom stereocenters. The largest absolute Gasteiger partial charge is 0.493 e. The van der Waals surface area contributed by atoms with Crippen LogP contribution in [0.3, 0.4) is 0 Å². The second-order valence-corrected chi connectivity index (χ2v) is 6.22. The summed E-state index contributed by atoms with van der Waals surface area (Å²) in [7, 11) is 0. The first-order valence-electron chi connectivity index (χ1n) is 8.93. The van der Waals surface area contributed by atoms with Crippen LogP contribution in [0.4, 0.5) is 10.1 Å². The number of hydrogen-bond donors (Lipinski definition) is 2. The second-order valence-electron chi connectivity index (χ2n) is 6.22. The maximum Gasteiger partial charge on any atom is 0.259 e. The lowest BCUT2D eigenvalue weighted by Gasteiger charge is -2.10. The number of aromatic nitrogens is 2. The lowest BCUT2D eigenvalue weighted by Crippen LogP contribution is -2.13. The van der Waals surface area contributed by atoms with Crippen molar-refractivity contribution in [2.24, 2.45) is 0 Å². The molecule has 0 bridgehead atoms. The van der Waals surface area contributed by atoms with Crippen molar-refractivity contribution >= 4 is 22.5 Å². The van der Waals surface area contributed by atoms with Crippen molar-refractivity contribution in [2.45, 2.75) is 6.92 Å². The Bertz CT molecular complexity index is 1140. The van der Waals surface area contributed by atoms with Gasteiger partial charge in [-0.05, 0) is 61.5 Å². The van der Waals surface area contributed by atoms with Crippen LogP contribution in [-0.4, -0.2) is 22.7 Å². The van der Waals surface area contributed by atoms with Gasteiger partial charge in [0.2, 0.25) is 0 Å². The van der Waals surface area contributed by atoms with Gasteiger partial charge in [0, 0.05) is 16.6 Å². The van der Waals surface area contributed by atoms with Gasteiger partial charge in [0.15, 0.2) is 0 Å². The molecule has 0 saturated carbocycles. The number of nitrogens with one attached hydrogen (secondary N) is 2. The average Bonchev–Trinajstić information content (AvgIpc) is 3.12. The maximum absolute atomic E-state index is 13.2. The molecule has 28 heavy (non-hydrogen) atoms. The SMILES string of the molecule is CCOc1ccccc1C(=O)Nc1ccc2[nH]nc(-c3ccc(F)cc3)c2c1. The van der Waals surface area contributed by atoms with Crippen LogP contribution in [0.2, 0.25) is 0 Å². The highest BCUT2D eigenvalue weighted by Crippen LogP contribution is 2.29. The van der Waals surface area contributed by atoms with E-state index in [1.165, 1.54) is 12.1 Å². The van der Waals surface area contributed by atoms with Crippen molar-refractivity contribution in [3.8, 4) is 17.0 Å². The first-order valence-corrected chi connectivity index (χ1v) is 8.93. The molecule has 0 fully saturated rings. The summed E-state index contributed by atoms with van der Waals surface area (Å²) in [4.78, 5) is 12.7. The van der Waals surface area contributed by atoms with E-state index in [4.69, 9.17) is 4.74 Å². The number of nitrogens with zero attached hydrogens (tertiary/aromatic N) is 1. The molecule has 6 heteroatoms. The molecule has 0 spiro atoms. The van der Waals surface area contributed by atoms with Crippen LogP contribution in [0.25, 0.3) is 22.2 Å². The first-order chi connectivity index (χ1) is 13.7. The van der Waals surface area contributed by atoms with E-state index < -0.39 is 0 Å². The number of ether oxygens (including phenoxy) is 1. The molecule has 140 valence electrons. The Morgan fingerprint density at radius 1 is 1.11 bits per heavy atom. The normalized spacial score (nSPS) is 10.8. The molecule has 1 amide bonds. The van der Waals surface area contributed by atoms with Gasteiger partial charge in [-0.3, -0.25) is 9.89 Å². The molecule has 0 aliphatic carbocycles. The smallest absolute Gasteiger partial charge is 0.259 e. The molecule has 0 atom stereocenters. The van der Waals surface area contributed by atoms with Gasteiger partial charge < -0.3 is 10.1 Å². The van der Waals surface area contributed by atoms with E-state index in [0.29, 0.717) is 29.3 Å². The Hall–Kier alpha value is -3.67. The van der Waals surface area contributed by atoms with Gasteiger partial charge in [-0.15, -0.1) is 0 Å². The highest BCUT2D eigenvalue weighted by Gasteiger charge is 2.14. The number of H-pyrrole nitrogens is 1. The van der Waals surface area contributed by atoms with Crippen LogP contribution in [-0.2, 0) is 0 Å². The molecule has 1 heterocycles. The van der Waals surface area contributed by atoms with Crippen LogP contribution in [0.15, 0.2) is 66.7 Å². The second kappa shape index (κ2) is 7.52. The van der Waals surface area contributed by atoms with E-state index in [0.717, 1.165) is 16.5 Å². The number of fused-ring (bicyclic) bond motifs is 1. The topological polar surface area (TPSA) is 67.0 Å². The number of hydrogen-bond acceptors (Lipinski definition) is 3. The summed E-state index contributed by atoms with van der Waals surface area (Å²) in [5.41, 5.74) is 3.41. The number of para-hydroxylation sites is 1. The van der Waals surface area contributed by atoms with E-state index in [1.807, 2.05) is 25.1 Å². The minimum atomic E-state index is -0.301. The number of amides is 1. The Kier molecular flexibility index (Phi) is 4.76. The number of carbonyl (C=O) groups excluding carboxylic acids is 1. The Morgan fingerprint density at radius 3 is 2.68 bits per heavy atom. The zero-order valence-electron chi connectivity index (χ0n) is 15.2. The summed E-state index contributed by atoms with van der Waals surface area (Å²) in [6.07, 6.45) is 0. The van der Waals surface area contributed by atoms with Crippen molar-refractivity contribution in [3.63, 3.8) is 0 Å². The molecule has 4 aromatic rings. The fourth-order valence-electron chi connectivity index (χ4n) is 3.05. The highest BCUT2D eigenvalue weighted by molar-refractivity contribution is 6.07. The van der Waals surface area contributed by atoms with E-state index in [1.54, 1.807) is 36.4 Å². The van der Waals surface area contributed by atoms with Gasteiger partial charge >= 0.3 is 0 Å². The van der Waals surface area contributed by atoms with Gasteiger partial charge in [0.1, 0.15) is 11.6 Å². The predicted octanol–water partition coefficient (Wildman–Crippen LogP) is 5.02. The number of rotatable bonds is 5. The average molecular weight is 375 g/mol. The predicted molar refractivity (Wildman–Crippen MR) is 107 cm³/mol. The van der Waals surface area contributed by atoms with Gasteiger partial charge in [-0.1, -0.05) is 12.1 Å². The Morgan fingerprint density at radius 2 is 1.89 bits per heavy atom. The Labute approximate surface area is 161 Å². The van der Waals surface area contributed by atoms with Gasteiger partial charge in [-0.25, -0.2) is 4.39 Å². The van der Waals surface area contributed by atoms with Crippen molar-refractivity contribution in [2.75, 3.05) is 11.9 Å². The van der Waals surface area contributed by atoms with Crippen molar-refractivity contribution in [1.29, 1.82) is 0 Å². The molecule has 1 aromatic heterocycles. The summed E-state index contributed by atoms with van der Waals surface area (Å²) < 4.78 is 18.7. The standard InChI is InChI=1S/C22H18FN3O2/c1-2-28-20-6-4-3-5-17(20)22(27)24-16-11-12-19-18(13-16)21(26-25-19)14-7-9-15(23)10-8-14/h3-13H,2H2,1H3,(H,24,27)(H,25,26). The summed E-state index contributed by atoms with van der Waals surface area (Å²) in [5.74, 6) is -0.0152. The Balaban J connectivity index is 1.66. The first kappa shape index (κ1) is 17.7. The molecule has 4 rings (SSSR count).